The molecule has 1 nitrogen and oxygen atoms in total. The Morgan fingerprint density at radius 3 is 1.86 bits per heavy atom. The first-order valence-corrected chi connectivity index (χ1v) is 6.12. The van der Waals surface area contributed by atoms with E-state index in [1.54, 1.807) is 0 Å². The first kappa shape index (κ1) is 14.0. The van der Waals surface area contributed by atoms with Crippen LogP contribution in [0.15, 0.2) is 0 Å². The molecule has 0 N–H and O–H groups in total. The van der Waals surface area contributed by atoms with Crippen LogP contribution in [0.1, 0.15) is 61.3 Å². The summed E-state index contributed by atoms with van der Waals surface area (Å²) in [6.45, 7) is 17.5. The molecule has 0 aliphatic rings. The van der Waals surface area contributed by atoms with Crippen molar-refractivity contribution in [1.82, 2.24) is 4.90 Å². The molecule has 0 saturated carbocycles. The summed E-state index contributed by atoms with van der Waals surface area (Å²) in [5.41, 5.74) is 0.430. The third kappa shape index (κ3) is 3.61. The Hall–Kier alpha value is -0.0400. The molecule has 0 amide bonds. The normalized spacial score (nSPS) is 15.2. The third-order valence-corrected chi connectivity index (χ3v) is 3.68. The predicted octanol–water partition coefficient (Wildman–Crippen LogP) is 3.93. The van der Waals surface area contributed by atoms with Gasteiger partial charge in [0.2, 0.25) is 0 Å². The van der Waals surface area contributed by atoms with Gasteiger partial charge in [0.15, 0.2) is 0 Å². The van der Waals surface area contributed by atoms with Crippen LogP contribution in [0.2, 0.25) is 0 Å². The van der Waals surface area contributed by atoms with Crippen molar-refractivity contribution in [2.75, 3.05) is 6.54 Å². The van der Waals surface area contributed by atoms with Gasteiger partial charge in [0, 0.05) is 12.1 Å². The largest absolute Gasteiger partial charge is 0.298 e. The summed E-state index contributed by atoms with van der Waals surface area (Å²) in [7, 11) is 0. The molecular weight excluding hydrogens is 170 g/mol. The van der Waals surface area contributed by atoms with Crippen LogP contribution in [0.25, 0.3) is 0 Å². The van der Waals surface area contributed by atoms with E-state index in [1.165, 1.54) is 19.4 Å². The Bertz CT molecular complexity index is 149. The minimum Gasteiger partial charge on any atom is -0.298 e. The van der Waals surface area contributed by atoms with Crippen molar-refractivity contribution in [3.8, 4) is 0 Å². The highest BCUT2D eigenvalue weighted by atomic mass is 15.2. The maximum Gasteiger partial charge on any atom is 0.0121 e. The lowest BCUT2D eigenvalue weighted by atomic mass is 9.81. The minimum absolute atomic E-state index is 0.430. The standard InChI is InChI=1S/C13H29N/c1-8-10-14(11(3)4)12(5)13(6,7)9-2/h11-12H,8-10H2,1-7H3. The second-order valence-electron chi connectivity index (χ2n) is 5.35. The molecule has 0 aliphatic carbocycles. The van der Waals surface area contributed by atoms with E-state index in [0.717, 1.165) is 0 Å². The second kappa shape index (κ2) is 5.75. The summed E-state index contributed by atoms with van der Waals surface area (Å²) in [5.74, 6) is 0. The van der Waals surface area contributed by atoms with E-state index in [-0.39, 0.29) is 0 Å². The van der Waals surface area contributed by atoms with Gasteiger partial charge in [-0.25, -0.2) is 0 Å². The van der Waals surface area contributed by atoms with Crippen molar-refractivity contribution in [3.05, 3.63) is 0 Å². The van der Waals surface area contributed by atoms with Gasteiger partial charge in [-0.2, -0.15) is 0 Å². The highest BCUT2D eigenvalue weighted by Crippen LogP contribution is 2.29. The van der Waals surface area contributed by atoms with Gasteiger partial charge < -0.3 is 0 Å². The lowest BCUT2D eigenvalue weighted by Crippen LogP contribution is -2.46. The molecule has 1 heteroatoms. The zero-order chi connectivity index (χ0) is 11.4. The molecule has 0 heterocycles. The van der Waals surface area contributed by atoms with Crippen molar-refractivity contribution in [1.29, 1.82) is 0 Å². The molecule has 0 radical (unpaired) electrons. The molecule has 0 aromatic carbocycles. The molecule has 0 saturated heterocycles. The molecule has 0 bridgehead atoms. The van der Waals surface area contributed by atoms with E-state index < -0.39 is 0 Å². The summed E-state index contributed by atoms with van der Waals surface area (Å²) < 4.78 is 0. The van der Waals surface area contributed by atoms with E-state index in [4.69, 9.17) is 0 Å². The maximum atomic E-state index is 2.63. The van der Waals surface area contributed by atoms with Crippen LogP contribution in [0.5, 0.6) is 0 Å². The average Bonchev–Trinajstić information content (AvgIpc) is 2.12. The smallest absolute Gasteiger partial charge is 0.0121 e. The molecule has 0 aromatic rings. The number of hydrogen-bond donors (Lipinski definition) is 0. The van der Waals surface area contributed by atoms with Crippen molar-refractivity contribution in [3.63, 3.8) is 0 Å². The lowest BCUT2D eigenvalue weighted by molar-refractivity contribution is 0.0700. The molecule has 86 valence electrons. The van der Waals surface area contributed by atoms with Crippen molar-refractivity contribution in [2.45, 2.75) is 73.4 Å². The van der Waals surface area contributed by atoms with Gasteiger partial charge in [-0.1, -0.05) is 27.7 Å². The zero-order valence-electron chi connectivity index (χ0n) is 11.2. The highest BCUT2D eigenvalue weighted by Gasteiger charge is 2.29. The van der Waals surface area contributed by atoms with Crippen LogP contribution in [-0.4, -0.2) is 23.5 Å². The Morgan fingerprint density at radius 1 is 1.07 bits per heavy atom. The topological polar surface area (TPSA) is 3.24 Å². The van der Waals surface area contributed by atoms with Crippen LogP contribution in [0.3, 0.4) is 0 Å². The molecule has 1 atom stereocenters. The monoisotopic (exact) mass is 199 g/mol. The number of nitrogens with zero attached hydrogens (tertiary/aromatic N) is 1. The predicted molar refractivity (Wildman–Crippen MR) is 65.7 cm³/mol. The third-order valence-electron chi connectivity index (χ3n) is 3.68. The van der Waals surface area contributed by atoms with Crippen LogP contribution in [-0.2, 0) is 0 Å². The second-order valence-corrected chi connectivity index (χ2v) is 5.35. The number of rotatable bonds is 6. The average molecular weight is 199 g/mol. The van der Waals surface area contributed by atoms with E-state index in [0.29, 0.717) is 17.5 Å². The van der Waals surface area contributed by atoms with E-state index in [2.05, 4.69) is 53.4 Å². The lowest BCUT2D eigenvalue weighted by Gasteiger charge is -2.42. The summed E-state index contributed by atoms with van der Waals surface area (Å²) in [6, 6.07) is 1.34. The molecule has 0 aliphatic heterocycles. The molecular formula is C13H29N. The Kier molecular flexibility index (Phi) is 5.73. The van der Waals surface area contributed by atoms with Gasteiger partial charge in [0.05, 0.1) is 0 Å². The first-order valence-electron chi connectivity index (χ1n) is 6.12. The van der Waals surface area contributed by atoms with Crippen molar-refractivity contribution in [2.24, 2.45) is 5.41 Å². The SMILES string of the molecule is CCCN(C(C)C)C(C)C(C)(C)CC. The molecule has 0 aromatic heterocycles. The van der Waals surface area contributed by atoms with Gasteiger partial charge >= 0.3 is 0 Å². The van der Waals surface area contributed by atoms with Gasteiger partial charge in [-0.3, -0.25) is 4.90 Å². The van der Waals surface area contributed by atoms with Crippen molar-refractivity contribution < 1.29 is 0 Å². The van der Waals surface area contributed by atoms with Gasteiger partial charge in [0.25, 0.3) is 0 Å². The fourth-order valence-electron chi connectivity index (χ4n) is 1.90. The van der Waals surface area contributed by atoms with E-state index in [9.17, 15) is 0 Å². The van der Waals surface area contributed by atoms with Gasteiger partial charge in [0.1, 0.15) is 0 Å². The molecule has 0 rings (SSSR count). The van der Waals surface area contributed by atoms with E-state index in [1.807, 2.05) is 0 Å². The van der Waals surface area contributed by atoms with Crippen LogP contribution >= 0.6 is 0 Å². The van der Waals surface area contributed by atoms with Gasteiger partial charge in [-0.15, -0.1) is 0 Å². The fraction of sp³-hybridized carbons (Fsp3) is 1.00. The maximum absolute atomic E-state index is 2.63. The highest BCUT2D eigenvalue weighted by molar-refractivity contribution is 4.83. The quantitative estimate of drug-likeness (QED) is 0.626. The molecule has 14 heavy (non-hydrogen) atoms. The van der Waals surface area contributed by atoms with Crippen LogP contribution < -0.4 is 0 Å². The van der Waals surface area contributed by atoms with Crippen molar-refractivity contribution >= 4 is 0 Å². The van der Waals surface area contributed by atoms with E-state index >= 15 is 0 Å². The Labute approximate surface area is 90.9 Å². The summed E-state index contributed by atoms with van der Waals surface area (Å²) in [4.78, 5) is 2.63. The molecule has 1 unspecified atom stereocenters. The first-order chi connectivity index (χ1) is 6.36. The van der Waals surface area contributed by atoms with Crippen LogP contribution in [0.4, 0.5) is 0 Å². The summed E-state index contributed by atoms with van der Waals surface area (Å²) in [6.07, 6.45) is 2.50. The van der Waals surface area contributed by atoms with Crippen LogP contribution in [0, 0.1) is 5.41 Å². The Balaban J connectivity index is 4.50. The summed E-state index contributed by atoms with van der Waals surface area (Å²) >= 11 is 0. The zero-order valence-corrected chi connectivity index (χ0v) is 11.2. The fourth-order valence-corrected chi connectivity index (χ4v) is 1.90. The summed E-state index contributed by atoms with van der Waals surface area (Å²) in [5, 5.41) is 0. The number of hydrogen-bond acceptors (Lipinski definition) is 1. The van der Waals surface area contributed by atoms with Gasteiger partial charge in [-0.05, 0) is 45.6 Å². The Morgan fingerprint density at radius 2 is 1.57 bits per heavy atom. The molecule has 0 fully saturated rings. The molecule has 0 spiro atoms. The minimum atomic E-state index is 0.430.